The Balaban J connectivity index is 2.71. The van der Waals surface area contributed by atoms with Crippen LogP contribution in [-0.4, -0.2) is 5.11 Å². The van der Waals surface area contributed by atoms with Gasteiger partial charge in [-0.2, -0.15) is 0 Å². The lowest BCUT2D eigenvalue weighted by atomic mass is 9.82. The fourth-order valence-electron chi connectivity index (χ4n) is 4.36. The van der Waals surface area contributed by atoms with Crippen LogP contribution in [0.25, 0.3) is 11.1 Å². The second-order valence-electron chi connectivity index (χ2n) is 8.59. The lowest BCUT2D eigenvalue weighted by molar-refractivity contribution is 0.476. The first kappa shape index (κ1) is 23.5. The van der Waals surface area contributed by atoms with Crippen molar-refractivity contribution >= 4 is 0 Å². The first-order valence-electron chi connectivity index (χ1n) is 12.0. The maximum Gasteiger partial charge on any atom is 0.123 e. The molecule has 160 valence electrons. The van der Waals surface area contributed by atoms with E-state index >= 15 is 0 Å². The molecule has 1 unspecified atom stereocenters. The molecule has 1 nitrogen and oxygen atoms in total. The Morgan fingerprint density at radius 2 is 1.38 bits per heavy atom. The van der Waals surface area contributed by atoms with Gasteiger partial charge in [-0.15, -0.1) is 0 Å². The highest BCUT2D eigenvalue weighted by Gasteiger charge is 2.20. The van der Waals surface area contributed by atoms with E-state index in [-0.39, 0.29) is 0 Å². The molecule has 0 saturated heterocycles. The number of benzene rings is 2. The molecule has 0 aromatic heterocycles. The molecule has 0 radical (unpaired) electrons. The third-order valence-corrected chi connectivity index (χ3v) is 6.38. The van der Waals surface area contributed by atoms with Gasteiger partial charge in [0.1, 0.15) is 5.75 Å². The van der Waals surface area contributed by atoms with Crippen LogP contribution in [-0.2, 0) is 19.3 Å². The van der Waals surface area contributed by atoms with Crippen LogP contribution in [0.1, 0.15) is 108 Å². The van der Waals surface area contributed by atoms with Crippen LogP contribution in [0.5, 0.6) is 5.75 Å². The number of hydrogen-bond donors (Lipinski definition) is 1. The Bertz CT molecular complexity index is 759. The highest BCUT2D eigenvalue weighted by Crippen LogP contribution is 2.41. The molecule has 0 fully saturated rings. The summed E-state index contributed by atoms with van der Waals surface area (Å²) in [5.41, 5.74) is 8.25. The molecule has 0 heterocycles. The summed E-state index contributed by atoms with van der Waals surface area (Å²) in [5, 5.41) is 10.9. The average Bonchev–Trinajstić information content (AvgIpc) is 2.74. The zero-order valence-corrected chi connectivity index (χ0v) is 19.5. The molecule has 0 aliphatic carbocycles. The first-order chi connectivity index (χ1) is 14.1. The van der Waals surface area contributed by atoms with E-state index in [1.807, 2.05) is 12.1 Å². The second kappa shape index (κ2) is 12.1. The molecule has 1 N–H and O–H groups in total. The highest BCUT2D eigenvalue weighted by molar-refractivity contribution is 5.78. The largest absolute Gasteiger partial charge is 0.507 e. The van der Waals surface area contributed by atoms with Gasteiger partial charge in [-0.05, 0) is 84.7 Å². The third-order valence-electron chi connectivity index (χ3n) is 6.38. The van der Waals surface area contributed by atoms with Crippen LogP contribution in [0.3, 0.4) is 0 Å². The molecule has 1 heteroatoms. The molecule has 2 aromatic rings. The number of unbranched alkanes of at least 4 members (excludes halogenated alkanes) is 3. The van der Waals surface area contributed by atoms with E-state index < -0.39 is 0 Å². The molecule has 0 bridgehead atoms. The molecule has 0 amide bonds. The van der Waals surface area contributed by atoms with E-state index in [9.17, 15) is 5.11 Å². The molecule has 29 heavy (non-hydrogen) atoms. The van der Waals surface area contributed by atoms with Crippen molar-refractivity contribution in [3.05, 3.63) is 52.6 Å². The van der Waals surface area contributed by atoms with Crippen molar-refractivity contribution in [2.75, 3.05) is 0 Å². The summed E-state index contributed by atoms with van der Waals surface area (Å²) in [4.78, 5) is 0. The van der Waals surface area contributed by atoms with Gasteiger partial charge in [0.15, 0.2) is 0 Å². The van der Waals surface area contributed by atoms with Crippen LogP contribution in [0.2, 0.25) is 0 Å². The van der Waals surface area contributed by atoms with E-state index in [0.29, 0.717) is 11.7 Å². The Morgan fingerprint density at radius 3 is 2.00 bits per heavy atom. The predicted octanol–water partition coefficient (Wildman–Crippen LogP) is 8.60. The van der Waals surface area contributed by atoms with Crippen LogP contribution in [0.15, 0.2) is 30.3 Å². The summed E-state index contributed by atoms with van der Waals surface area (Å²) in [7, 11) is 0. The van der Waals surface area contributed by atoms with E-state index in [4.69, 9.17) is 0 Å². The Kier molecular flexibility index (Phi) is 9.78. The van der Waals surface area contributed by atoms with Gasteiger partial charge in [-0.25, -0.2) is 0 Å². The van der Waals surface area contributed by atoms with Gasteiger partial charge in [-0.3, -0.25) is 0 Å². The van der Waals surface area contributed by atoms with Crippen molar-refractivity contribution in [1.82, 2.24) is 0 Å². The molecule has 0 spiro atoms. The zero-order valence-electron chi connectivity index (χ0n) is 19.5. The molecule has 2 aromatic carbocycles. The van der Waals surface area contributed by atoms with Crippen molar-refractivity contribution in [3.63, 3.8) is 0 Å². The summed E-state index contributed by atoms with van der Waals surface area (Å²) in [6.45, 7) is 11.3. The summed E-state index contributed by atoms with van der Waals surface area (Å²) >= 11 is 0. The molecule has 0 aliphatic rings. The average molecular weight is 395 g/mol. The minimum absolute atomic E-state index is 0.434. The Morgan fingerprint density at radius 1 is 0.759 bits per heavy atom. The third kappa shape index (κ3) is 5.87. The standard InChI is InChI=1S/C28H42O/c1-6-10-14-22-19-20-26(25(16-12-8-3)24(22)15-11-7-2)28-23(21(5)9-4)17-13-18-27(28)29/h13,17-21,29H,6-12,14-16H2,1-5H3. The summed E-state index contributed by atoms with van der Waals surface area (Å²) in [5.74, 6) is 0.873. The van der Waals surface area contributed by atoms with E-state index in [0.717, 1.165) is 24.8 Å². The lowest BCUT2D eigenvalue weighted by Gasteiger charge is -2.23. The number of hydrogen-bond acceptors (Lipinski definition) is 1. The Labute approximate surface area is 179 Å². The van der Waals surface area contributed by atoms with Gasteiger partial charge in [0.25, 0.3) is 0 Å². The van der Waals surface area contributed by atoms with Gasteiger partial charge >= 0.3 is 0 Å². The van der Waals surface area contributed by atoms with Crippen LogP contribution in [0, 0.1) is 0 Å². The molecule has 0 aliphatic heterocycles. The summed E-state index contributed by atoms with van der Waals surface area (Å²) in [6.07, 6.45) is 11.9. The first-order valence-corrected chi connectivity index (χ1v) is 12.0. The quantitative estimate of drug-likeness (QED) is 0.382. The molecule has 0 saturated carbocycles. The van der Waals surface area contributed by atoms with Gasteiger partial charge < -0.3 is 5.11 Å². The molecular weight excluding hydrogens is 352 g/mol. The highest BCUT2D eigenvalue weighted by atomic mass is 16.3. The molecular formula is C28H42O. The number of aryl methyl sites for hydroxylation is 1. The fourth-order valence-corrected chi connectivity index (χ4v) is 4.36. The van der Waals surface area contributed by atoms with Gasteiger partial charge in [-0.1, -0.05) is 78.1 Å². The lowest BCUT2D eigenvalue weighted by Crippen LogP contribution is -2.06. The maximum absolute atomic E-state index is 10.9. The second-order valence-corrected chi connectivity index (χ2v) is 8.59. The van der Waals surface area contributed by atoms with Crippen LogP contribution >= 0.6 is 0 Å². The van der Waals surface area contributed by atoms with Crippen molar-refractivity contribution in [2.24, 2.45) is 0 Å². The number of aromatic hydroxyl groups is 1. The van der Waals surface area contributed by atoms with E-state index in [1.165, 1.54) is 67.2 Å². The maximum atomic E-state index is 10.9. The fraction of sp³-hybridized carbons (Fsp3) is 0.571. The number of phenolic OH excluding ortho intramolecular Hbond substituents is 1. The van der Waals surface area contributed by atoms with Crippen molar-refractivity contribution < 1.29 is 5.11 Å². The van der Waals surface area contributed by atoms with Crippen LogP contribution < -0.4 is 0 Å². The van der Waals surface area contributed by atoms with Crippen molar-refractivity contribution in [3.8, 4) is 16.9 Å². The normalized spacial score (nSPS) is 12.3. The predicted molar refractivity (Wildman–Crippen MR) is 128 cm³/mol. The van der Waals surface area contributed by atoms with Gasteiger partial charge in [0.2, 0.25) is 0 Å². The minimum Gasteiger partial charge on any atom is -0.507 e. The Hall–Kier alpha value is -1.76. The van der Waals surface area contributed by atoms with Crippen molar-refractivity contribution in [2.45, 2.75) is 105 Å². The molecule has 1 atom stereocenters. The van der Waals surface area contributed by atoms with Gasteiger partial charge in [0, 0.05) is 5.56 Å². The van der Waals surface area contributed by atoms with Crippen molar-refractivity contribution in [1.29, 1.82) is 0 Å². The van der Waals surface area contributed by atoms with E-state index in [1.54, 1.807) is 5.56 Å². The van der Waals surface area contributed by atoms with Crippen LogP contribution in [0.4, 0.5) is 0 Å². The monoisotopic (exact) mass is 394 g/mol. The summed E-state index contributed by atoms with van der Waals surface area (Å²) in [6, 6.07) is 10.7. The minimum atomic E-state index is 0.434. The number of rotatable bonds is 12. The van der Waals surface area contributed by atoms with Gasteiger partial charge in [0.05, 0.1) is 0 Å². The molecule has 2 rings (SSSR count). The SMILES string of the molecule is CCCCc1ccc(-c2c(O)cccc2C(C)CC)c(CCCC)c1CCCC. The topological polar surface area (TPSA) is 20.2 Å². The zero-order chi connectivity index (χ0) is 21.2. The summed E-state index contributed by atoms with van der Waals surface area (Å²) < 4.78 is 0. The van der Waals surface area contributed by atoms with E-state index in [2.05, 4.69) is 52.8 Å². The number of phenols is 1. The smallest absolute Gasteiger partial charge is 0.123 e.